The molecule has 0 spiro atoms. The zero-order chi connectivity index (χ0) is 20.7. The molecule has 0 aliphatic carbocycles. The maximum atomic E-state index is 12.6. The van der Waals surface area contributed by atoms with Gasteiger partial charge in [-0.05, 0) is 24.1 Å². The molecular formula is C19H19ClN2O5S. The van der Waals surface area contributed by atoms with Crippen LogP contribution in [0.4, 0.5) is 0 Å². The Morgan fingerprint density at radius 3 is 2.57 bits per heavy atom. The number of carbonyl (C=O) groups is 3. The fraction of sp³-hybridized carbons (Fsp3) is 0.368. The highest BCUT2D eigenvalue weighted by Crippen LogP contribution is 2.40. The van der Waals surface area contributed by atoms with Gasteiger partial charge in [0.1, 0.15) is 5.92 Å². The van der Waals surface area contributed by atoms with Gasteiger partial charge >= 0.3 is 11.9 Å². The summed E-state index contributed by atoms with van der Waals surface area (Å²) < 4.78 is 9.78. The van der Waals surface area contributed by atoms with Crippen LogP contribution >= 0.6 is 23.4 Å². The van der Waals surface area contributed by atoms with Gasteiger partial charge in [-0.15, -0.1) is 0 Å². The number of amides is 1. The molecule has 9 heteroatoms. The van der Waals surface area contributed by atoms with E-state index in [-0.39, 0.29) is 16.4 Å². The third-order valence-corrected chi connectivity index (χ3v) is 5.26. The number of halogens is 1. The van der Waals surface area contributed by atoms with Crippen molar-refractivity contribution in [2.24, 2.45) is 5.92 Å². The topological polar surface area (TPSA) is 105 Å². The number of hydrogen-bond acceptors (Lipinski definition) is 7. The summed E-state index contributed by atoms with van der Waals surface area (Å²) in [6.07, 6.45) is 0.693. The maximum Gasteiger partial charge on any atom is 0.319 e. The van der Waals surface area contributed by atoms with Crippen LogP contribution in [0.3, 0.4) is 0 Å². The van der Waals surface area contributed by atoms with Crippen molar-refractivity contribution in [3.8, 4) is 6.07 Å². The van der Waals surface area contributed by atoms with Crippen molar-refractivity contribution in [3.63, 3.8) is 0 Å². The number of nitriles is 1. The van der Waals surface area contributed by atoms with E-state index < -0.39 is 29.7 Å². The van der Waals surface area contributed by atoms with Crippen LogP contribution in [0.15, 0.2) is 34.9 Å². The minimum Gasteiger partial charge on any atom is -0.468 e. The first-order chi connectivity index (χ1) is 13.4. The first kappa shape index (κ1) is 21.8. The van der Waals surface area contributed by atoms with Gasteiger partial charge in [-0.2, -0.15) is 5.26 Å². The van der Waals surface area contributed by atoms with Gasteiger partial charge < -0.3 is 14.8 Å². The van der Waals surface area contributed by atoms with Crippen LogP contribution in [0.1, 0.15) is 24.8 Å². The summed E-state index contributed by atoms with van der Waals surface area (Å²) in [7, 11) is 1.18. The highest BCUT2D eigenvalue weighted by atomic mass is 35.5. The quantitative estimate of drug-likeness (QED) is 0.532. The van der Waals surface area contributed by atoms with E-state index in [0.717, 1.165) is 11.8 Å². The molecule has 0 saturated carbocycles. The highest BCUT2D eigenvalue weighted by Gasteiger charge is 2.44. The smallest absolute Gasteiger partial charge is 0.319 e. The molecule has 1 aliphatic rings. The van der Waals surface area contributed by atoms with Crippen molar-refractivity contribution in [1.82, 2.24) is 5.32 Å². The molecule has 0 radical (unpaired) electrons. The van der Waals surface area contributed by atoms with Gasteiger partial charge in [0.05, 0.1) is 36.1 Å². The maximum absolute atomic E-state index is 12.6. The molecule has 0 bridgehead atoms. The van der Waals surface area contributed by atoms with Gasteiger partial charge in [0.15, 0.2) is 0 Å². The van der Waals surface area contributed by atoms with Gasteiger partial charge in [-0.25, -0.2) is 0 Å². The van der Waals surface area contributed by atoms with Crippen LogP contribution in [0.2, 0.25) is 5.02 Å². The third kappa shape index (κ3) is 5.06. The minimum atomic E-state index is -1.22. The standard InChI is InChI=1S/C19H19ClN2O5S/c1-3-8-27-14(23)10-28-18-13(9-21)15(11-4-6-12(20)7-5-11)16(17(24)22-18)19(25)26-2/h4-7,15-16H,3,8,10H2,1-2H3,(H,22,24)/t15?,16-/m1/s1. The van der Waals surface area contributed by atoms with Crippen molar-refractivity contribution >= 4 is 41.2 Å². The van der Waals surface area contributed by atoms with E-state index in [1.54, 1.807) is 24.3 Å². The predicted molar refractivity (Wildman–Crippen MR) is 104 cm³/mol. The normalized spacial score (nSPS) is 18.9. The second kappa shape index (κ2) is 10.2. The molecule has 7 nitrogen and oxygen atoms in total. The summed E-state index contributed by atoms with van der Waals surface area (Å²) in [5, 5.41) is 13.0. The number of methoxy groups -OCH3 is 1. The number of nitrogens with zero attached hydrogens (tertiary/aromatic N) is 1. The van der Waals surface area contributed by atoms with Crippen LogP contribution in [0.5, 0.6) is 0 Å². The number of nitrogens with one attached hydrogen (secondary N) is 1. The van der Waals surface area contributed by atoms with Crippen molar-refractivity contribution < 1.29 is 23.9 Å². The average Bonchev–Trinajstić information content (AvgIpc) is 2.70. The molecule has 148 valence electrons. The summed E-state index contributed by atoms with van der Waals surface area (Å²) in [4.78, 5) is 36.7. The summed E-state index contributed by atoms with van der Waals surface area (Å²) >= 11 is 6.91. The SMILES string of the molecule is CCCOC(=O)CSC1=C(C#N)C(c2ccc(Cl)cc2)[C@@H](C(=O)OC)C(=O)N1. The molecule has 2 rings (SSSR count). The van der Waals surface area contributed by atoms with Gasteiger partial charge in [-0.3, -0.25) is 14.4 Å². The van der Waals surface area contributed by atoms with Crippen molar-refractivity contribution in [2.75, 3.05) is 19.5 Å². The van der Waals surface area contributed by atoms with Crippen molar-refractivity contribution in [3.05, 3.63) is 45.5 Å². The summed E-state index contributed by atoms with van der Waals surface area (Å²) in [6, 6.07) is 8.59. The van der Waals surface area contributed by atoms with E-state index in [2.05, 4.69) is 11.4 Å². The number of rotatable bonds is 7. The summed E-state index contributed by atoms with van der Waals surface area (Å²) in [5.41, 5.74) is 0.739. The van der Waals surface area contributed by atoms with E-state index in [1.807, 2.05) is 6.92 Å². The molecule has 1 heterocycles. The Hall–Kier alpha value is -2.50. The van der Waals surface area contributed by atoms with Crippen molar-refractivity contribution in [2.45, 2.75) is 19.3 Å². The van der Waals surface area contributed by atoms with Gasteiger partial charge in [0.25, 0.3) is 0 Å². The molecule has 1 aromatic carbocycles. The van der Waals surface area contributed by atoms with Crippen LogP contribution in [-0.4, -0.2) is 37.3 Å². The van der Waals surface area contributed by atoms with E-state index in [1.165, 1.54) is 7.11 Å². The number of thioether (sulfide) groups is 1. The number of benzene rings is 1. The Morgan fingerprint density at radius 1 is 1.32 bits per heavy atom. The Kier molecular flexibility index (Phi) is 7.91. The Balaban J connectivity index is 2.41. The minimum absolute atomic E-state index is 0.0724. The van der Waals surface area contributed by atoms with Crippen LogP contribution in [0.25, 0.3) is 0 Å². The summed E-state index contributed by atoms with van der Waals surface area (Å²) in [5.74, 6) is -3.96. The Bertz CT molecular complexity index is 832. The number of esters is 2. The van der Waals surface area contributed by atoms with Crippen LogP contribution < -0.4 is 5.32 Å². The molecular weight excluding hydrogens is 404 g/mol. The zero-order valence-electron chi connectivity index (χ0n) is 15.4. The molecule has 1 N–H and O–H groups in total. The molecule has 28 heavy (non-hydrogen) atoms. The van der Waals surface area contributed by atoms with Gasteiger partial charge in [0, 0.05) is 10.9 Å². The molecule has 1 aliphatic heterocycles. The first-order valence-electron chi connectivity index (χ1n) is 8.49. The van der Waals surface area contributed by atoms with E-state index in [0.29, 0.717) is 23.6 Å². The number of hydrogen-bond donors (Lipinski definition) is 1. The molecule has 2 atom stereocenters. The van der Waals surface area contributed by atoms with Crippen LogP contribution in [0, 0.1) is 17.2 Å². The van der Waals surface area contributed by atoms with E-state index >= 15 is 0 Å². The van der Waals surface area contributed by atoms with E-state index in [4.69, 9.17) is 21.1 Å². The molecule has 1 amide bonds. The van der Waals surface area contributed by atoms with Gasteiger partial charge in [0.2, 0.25) is 5.91 Å². The number of ether oxygens (including phenoxy) is 2. The molecule has 1 aromatic rings. The summed E-state index contributed by atoms with van der Waals surface area (Å²) in [6.45, 7) is 2.18. The molecule has 0 fully saturated rings. The fourth-order valence-corrected chi connectivity index (χ4v) is 3.71. The lowest BCUT2D eigenvalue weighted by Crippen LogP contribution is -2.44. The lowest BCUT2D eigenvalue weighted by atomic mass is 9.78. The second-order valence-corrected chi connectivity index (χ2v) is 7.31. The monoisotopic (exact) mass is 422 g/mol. The Labute approximate surface area is 172 Å². The molecule has 0 saturated heterocycles. The van der Waals surface area contributed by atoms with Crippen LogP contribution in [-0.2, 0) is 23.9 Å². The number of carbonyl (C=O) groups excluding carboxylic acids is 3. The highest BCUT2D eigenvalue weighted by molar-refractivity contribution is 8.03. The molecule has 0 aromatic heterocycles. The number of allylic oxidation sites excluding steroid dienone is 1. The predicted octanol–water partition coefficient (Wildman–Crippen LogP) is 2.76. The Morgan fingerprint density at radius 2 is 2.00 bits per heavy atom. The fourth-order valence-electron chi connectivity index (χ4n) is 2.74. The largest absolute Gasteiger partial charge is 0.468 e. The third-order valence-electron chi connectivity index (χ3n) is 4.01. The first-order valence-corrected chi connectivity index (χ1v) is 9.86. The lowest BCUT2D eigenvalue weighted by molar-refractivity contribution is -0.150. The lowest BCUT2D eigenvalue weighted by Gasteiger charge is -2.30. The second-order valence-electron chi connectivity index (χ2n) is 5.88. The zero-order valence-corrected chi connectivity index (χ0v) is 16.9. The molecule has 1 unspecified atom stereocenters. The van der Waals surface area contributed by atoms with Crippen molar-refractivity contribution in [1.29, 1.82) is 5.26 Å². The van der Waals surface area contributed by atoms with Gasteiger partial charge in [-0.1, -0.05) is 42.4 Å². The van der Waals surface area contributed by atoms with E-state index in [9.17, 15) is 19.6 Å². The average molecular weight is 423 g/mol.